The van der Waals surface area contributed by atoms with Gasteiger partial charge in [0.1, 0.15) is 6.54 Å². The Balaban J connectivity index is 3.17. The van der Waals surface area contributed by atoms with Crippen LogP contribution in [0.2, 0.25) is 0 Å². The molecule has 0 aromatic carbocycles. The maximum absolute atomic E-state index is 12.5. The van der Waals surface area contributed by atoms with Crippen LogP contribution in [0.5, 0.6) is 0 Å². The Morgan fingerprint density at radius 1 is 1.40 bits per heavy atom. The quantitative estimate of drug-likeness (QED) is 0.836. The lowest BCUT2D eigenvalue weighted by Gasteiger charge is -2.22. The summed E-state index contributed by atoms with van der Waals surface area (Å²) in [6, 6.07) is 3.01. The van der Waals surface area contributed by atoms with Crippen molar-refractivity contribution in [3.63, 3.8) is 0 Å². The Kier molecular flexibility index (Phi) is 5.18. The smallest absolute Gasteiger partial charge is 0.207 e. The SMILES string of the molecule is Cc1cc(S(=O)(=O)N(CCC#N)CC(F)(F)F)c(C)s1. The predicted octanol–water partition coefficient (Wildman–Crippen LogP) is 2.83. The molecule has 0 unspecified atom stereocenters. The maximum atomic E-state index is 12.5. The molecule has 0 N–H and O–H groups in total. The van der Waals surface area contributed by atoms with E-state index in [2.05, 4.69) is 0 Å². The normalized spacial score (nSPS) is 12.7. The molecule has 1 aromatic rings. The average molecular weight is 326 g/mol. The van der Waals surface area contributed by atoms with Gasteiger partial charge in [-0.3, -0.25) is 0 Å². The van der Waals surface area contributed by atoms with Crippen molar-refractivity contribution < 1.29 is 21.6 Å². The van der Waals surface area contributed by atoms with Crippen molar-refractivity contribution in [2.45, 2.75) is 31.3 Å². The molecule has 0 aliphatic carbocycles. The van der Waals surface area contributed by atoms with E-state index >= 15 is 0 Å². The second kappa shape index (κ2) is 6.11. The molecule has 9 heteroatoms. The van der Waals surface area contributed by atoms with Gasteiger partial charge in [0.15, 0.2) is 0 Å². The summed E-state index contributed by atoms with van der Waals surface area (Å²) in [6.07, 6.45) is -4.95. The third kappa shape index (κ3) is 4.19. The molecule has 0 bridgehead atoms. The van der Waals surface area contributed by atoms with Gasteiger partial charge in [0.05, 0.1) is 11.0 Å². The molecule has 1 aromatic heterocycles. The second-order valence-electron chi connectivity index (χ2n) is 4.14. The number of aryl methyl sites for hydroxylation is 2. The van der Waals surface area contributed by atoms with Crippen molar-refractivity contribution in [2.24, 2.45) is 0 Å². The van der Waals surface area contributed by atoms with Gasteiger partial charge in [0.25, 0.3) is 0 Å². The molecule has 112 valence electrons. The van der Waals surface area contributed by atoms with Crippen LogP contribution < -0.4 is 0 Å². The molecule has 1 rings (SSSR count). The highest BCUT2D eigenvalue weighted by atomic mass is 32.2. The maximum Gasteiger partial charge on any atom is 0.402 e. The van der Waals surface area contributed by atoms with Crippen LogP contribution in [-0.4, -0.2) is 32.0 Å². The summed E-state index contributed by atoms with van der Waals surface area (Å²) >= 11 is 1.20. The zero-order valence-corrected chi connectivity index (χ0v) is 12.5. The molecule has 0 saturated carbocycles. The molecule has 1 heterocycles. The summed E-state index contributed by atoms with van der Waals surface area (Å²) in [5.41, 5.74) is 0. The lowest BCUT2D eigenvalue weighted by Crippen LogP contribution is -2.39. The number of hydrogen-bond acceptors (Lipinski definition) is 4. The van der Waals surface area contributed by atoms with Crippen molar-refractivity contribution >= 4 is 21.4 Å². The van der Waals surface area contributed by atoms with E-state index < -0.39 is 29.3 Å². The van der Waals surface area contributed by atoms with E-state index in [0.29, 0.717) is 14.1 Å². The monoisotopic (exact) mass is 326 g/mol. The summed E-state index contributed by atoms with van der Waals surface area (Å²) in [4.78, 5) is 1.02. The number of nitrogens with zero attached hydrogens (tertiary/aromatic N) is 2. The van der Waals surface area contributed by atoms with Gasteiger partial charge in [-0.2, -0.15) is 22.7 Å². The molecule has 0 fully saturated rings. The topological polar surface area (TPSA) is 61.2 Å². The fourth-order valence-electron chi connectivity index (χ4n) is 1.66. The van der Waals surface area contributed by atoms with Gasteiger partial charge in [-0.25, -0.2) is 8.42 Å². The number of thiophene rings is 1. The lowest BCUT2D eigenvalue weighted by atomic mass is 10.4. The van der Waals surface area contributed by atoms with Gasteiger partial charge in [0, 0.05) is 22.7 Å². The van der Waals surface area contributed by atoms with Gasteiger partial charge in [-0.05, 0) is 19.9 Å². The average Bonchev–Trinajstić information content (AvgIpc) is 2.62. The summed E-state index contributed by atoms with van der Waals surface area (Å²) in [6.45, 7) is 1.15. The zero-order chi connectivity index (χ0) is 15.6. The molecular formula is C11H13F3N2O2S2. The Morgan fingerprint density at radius 2 is 2.00 bits per heavy atom. The number of rotatable bonds is 5. The van der Waals surface area contributed by atoms with Crippen molar-refractivity contribution in [3.8, 4) is 6.07 Å². The number of halogens is 3. The second-order valence-corrected chi connectivity index (χ2v) is 7.51. The van der Waals surface area contributed by atoms with Crippen LogP contribution in [0.3, 0.4) is 0 Å². The van der Waals surface area contributed by atoms with Crippen molar-refractivity contribution in [1.82, 2.24) is 4.31 Å². The van der Waals surface area contributed by atoms with E-state index in [4.69, 9.17) is 5.26 Å². The van der Waals surface area contributed by atoms with Crippen molar-refractivity contribution in [1.29, 1.82) is 5.26 Å². The number of sulfonamides is 1. The minimum atomic E-state index is -4.65. The minimum Gasteiger partial charge on any atom is -0.207 e. The van der Waals surface area contributed by atoms with Crippen LogP contribution >= 0.6 is 11.3 Å². The molecule has 4 nitrogen and oxygen atoms in total. The molecule has 0 radical (unpaired) electrons. The number of hydrogen-bond donors (Lipinski definition) is 0. The van der Waals surface area contributed by atoms with E-state index in [-0.39, 0.29) is 11.3 Å². The van der Waals surface area contributed by atoms with Gasteiger partial charge in [0.2, 0.25) is 10.0 Å². The third-order valence-electron chi connectivity index (χ3n) is 2.44. The Hall–Kier alpha value is -1.11. The molecule has 0 spiro atoms. The summed E-state index contributed by atoms with van der Waals surface area (Å²) in [5.74, 6) is 0. The molecule has 0 saturated heterocycles. The zero-order valence-electron chi connectivity index (χ0n) is 10.9. The van der Waals surface area contributed by atoms with Crippen LogP contribution in [0.25, 0.3) is 0 Å². The molecule has 0 atom stereocenters. The van der Waals surface area contributed by atoms with Crippen LogP contribution in [0.4, 0.5) is 13.2 Å². The first kappa shape index (κ1) is 16.9. The minimum absolute atomic E-state index is 0.123. The Morgan fingerprint density at radius 3 is 2.40 bits per heavy atom. The van der Waals surface area contributed by atoms with Crippen LogP contribution in [0, 0.1) is 25.2 Å². The third-order valence-corrected chi connectivity index (χ3v) is 5.51. The van der Waals surface area contributed by atoms with E-state index in [9.17, 15) is 21.6 Å². The summed E-state index contributed by atoms with van der Waals surface area (Å²) in [7, 11) is -4.24. The molecule has 0 aliphatic rings. The van der Waals surface area contributed by atoms with Crippen LogP contribution in [0.15, 0.2) is 11.0 Å². The van der Waals surface area contributed by atoms with Gasteiger partial charge in [-0.15, -0.1) is 11.3 Å². The van der Waals surface area contributed by atoms with E-state index in [0.717, 1.165) is 0 Å². The van der Waals surface area contributed by atoms with Gasteiger partial charge in [-0.1, -0.05) is 0 Å². The summed E-state index contributed by atoms with van der Waals surface area (Å²) < 4.78 is 62.4. The molecule has 0 aliphatic heterocycles. The Bertz CT molecular complexity index is 615. The molecule has 20 heavy (non-hydrogen) atoms. The number of nitriles is 1. The summed E-state index contributed by atoms with van der Waals surface area (Å²) in [5, 5.41) is 8.46. The van der Waals surface area contributed by atoms with Gasteiger partial charge < -0.3 is 0 Å². The fraction of sp³-hybridized carbons (Fsp3) is 0.545. The van der Waals surface area contributed by atoms with Crippen molar-refractivity contribution in [3.05, 3.63) is 15.8 Å². The number of alkyl halides is 3. The van der Waals surface area contributed by atoms with Gasteiger partial charge >= 0.3 is 6.18 Å². The highest BCUT2D eigenvalue weighted by Crippen LogP contribution is 2.29. The van der Waals surface area contributed by atoms with Crippen LogP contribution in [-0.2, 0) is 10.0 Å². The van der Waals surface area contributed by atoms with E-state index in [1.54, 1.807) is 19.9 Å². The highest BCUT2D eigenvalue weighted by molar-refractivity contribution is 7.89. The predicted molar refractivity (Wildman–Crippen MR) is 68.8 cm³/mol. The van der Waals surface area contributed by atoms with Crippen molar-refractivity contribution in [2.75, 3.05) is 13.1 Å². The molecular weight excluding hydrogens is 313 g/mol. The molecule has 0 amide bonds. The first-order chi connectivity index (χ1) is 9.08. The van der Waals surface area contributed by atoms with Crippen LogP contribution in [0.1, 0.15) is 16.2 Å². The standard InChI is InChI=1S/C11H13F3N2O2S2/c1-8-6-10(9(2)19-8)20(17,18)16(5-3-4-15)7-11(12,13)14/h6H,3,5,7H2,1-2H3. The van der Waals surface area contributed by atoms with E-state index in [1.165, 1.54) is 17.4 Å². The first-order valence-electron chi connectivity index (χ1n) is 5.59. The fourth-order valence-corrected chi connectivity index (χ4v) is 4.61. The first-order valence-corrected chi connectivity index (χ1v) is 7.84. The van der Waals surface area contributed by atoms with E-state index in [1.807, 2.05) is 0 Å². The highest BCUT2D eigenvalue weighted by Gasteiger charge is 2.37. The Labute approximate surface area is 119 Å². The lowest BCUT2D eigenvalue weighted by molar-refractivity contribution is -0.136. The largest absolute Gasteiger partial charge is 0.402 e.